The van der Waals surface area contributed by atoms with E-state index in [1.807, 2.05) is 19.1 Å². The molecule has 0 aromatic heterocycles. The lowest BCUT2D eigenvalue weighted by Crippen LogP contribution is -2.13. The second-order valence-corrected chi connectivity index (χ2v) is 6.05. The molecule has 21 heavy (non-hydrogen) atoms. The molecule has 0 saturated carbocycles. The van der Waals surface area contributed by atoms with E-state index in [4.69, 9.17) is 16.3 Å². The third-order valence-corrected chi connectivity index (χ3v) is 3.88. The molecule has 1 amide bonds. The fraction of sp³-hybridized carbons (Fsp3) is 0.188. The van der Waals surface area contributed by atoms with Crippen molar-refractivity contribution >= 4 is 45.8 Å². The highest BCUT2D eigenvalue weighted by Crippen LogP contribution is 2.23. The van der Waals surface area contributed by atoms with Crippen LogP contribution < -0.4 is 10.1 Å². The zero-order chi connectivity index (χ0) is 15.2. The van der Waals surface area contributed by atoms with Gasteiger partial charge < -0.3 is 10.1 Å². The summed E-state index contributed by atoms with van der Waals surface area (Å²) in [6, 6.07) is 12.5. The highest BCUT2D eigenvalue weighted by Gasteiger charge is 2.09. The van der Waals surface area contributed by atoms with Gasteiger partial charge in [-0.05, 0) is 65.4 Å². The van der Waals surface area contributed by atoms with Crippen molar-refractivity contribution in [2.24, 2.45) is 0 Å². The Morgan fingerprint density at radius 3 is 2.81 bits per heavy atom. The highest BCUT2D eigenvalue weighted by atomic mass is 127. The topological polar surface area (TPSA) is 38.3 Å². The molecule has 0 bridgehead atoms. The molecule has 0 aliphatic heterocycles. The average Bonchev–Trinajstić information content (AvgIpc) is 2.48. The summed E-state index contributed by atoms with van der Waals surface area (Å²) in [6.07, 6.45) is 0.930. The van der Waals surface area contributed by atoms with E-state index in [-0.39, 0.29) is 5.91 Å². The molecule has 0 aliphatic carbocycles. The van der Waals surface area contributed by atoms with Gasteiger partial charge in [-0.15, -0.1) is 0 Å². The standard InChI is InChI=1S/C16H15ClINO2/c1-2-8-21-13-5-3-4-11(9-13)16(20)19-15-7-6-12(17)10-14(15)18/h3-7,9-10H,2,8H2,1H3,(H,19,20). The SMILES string of the molecule is CCCOc1cccc(C(=O)Nc2ccc(Cl)cc2I)c1. The number of rotatable bonds is 5. The molecule has 0 heterocycles. The average molecular weight is 416 g/mol. The summed E-state index contributed by atoms with van der Waals surface area (Å²) < 4.78 is 6.43. The Hall–Kier alpha value is -1.27. The van der Waals surface area contributed by atoms with Gasteiger partial charge >= 0.3 is 0 Å². The van der Waals surface area contributed by atoms with Gasteiger partial charge in [0.05, 0.1) is 12.3 Å². The fourth-order valence-electron chi connectivity index (χ4n) is 1.73. The maximum atomic E-state index is 12.3. The number of nitrogens with one attached hydrogen (secondary N) is 1. The largest absolute Gasteiger partial charge is 0.494 e. The van der Waals surface area contributed by atoms with Crippen molar-refractivity contribution in [2.75, 3.05) is 11.9 Å². The van der Waals surface area contributed by atoms with Crippen LogP contribution >= 0.6 is 34.2 Å². The number of benzene rings is 2. The van der Waals surface area contributed by atoms with E-state index in [1.54, 1.807) is 30.3 Å². The predicted octanol–water partition coefficient (Wildman–Crippen LogP) is 4.99. The molecule has 2 aromatic carbocycles. The van der Waals surface area contributed by atoms with Gasteiger partial charge in [-0.3, -0.25) is 4.79 Å². The molecule has 0 spiro atoms. The predicted molar refractivity (Wildman–Crippen MR) is 94.4 cm³/mol. The molecule has 1 N–H and O–H groups in total. The van der Waals surface area contributed by atoms with E-state index in [2.05, 4.69) is 27.9 Å². The van der Waals surface area contributed by atoms with Crippen molar-refractivity contribution < 1.29 is 9.53 Å². The second kappa shape index (κ2) is 7.66. The first-order valence-corrected chi connectivity index (χ1v) is 8.05. The van der Waals surface area contributed by atoms with Crippen LogP contribution in [0.25, 0.3) is 0 Å². The minimum atomic E-state index is -0.169. The molecule has 0 aliphatic rings. The van der Waals surface area contributed by atoms with Crippen molar-refractivity contribution in [1.29, 1.82) is 0 Å². The number of carbonyl (C=O) groups is 1. The lowest BCUT2D eigenvalue weighted by molar-refractivity contribution is 0.102. The maximum Gasteiger partial charge on any atom is 0.255 e. The number of carbonyl (C=O) groups excluding carboxylic acids is 1. The highest BCUT2D eigenvalue weighted by molar-refractivity contribution is 14.1. The van der Waals surface area contributed by atoms with Crippen molar-refractivity contribution in [3.05, 3.63) is 56.6 Å². The molecule has 3 nitrogen and oxygen atoms in total. The first-order valence-electron chi connectivity index (χ1n) is 6.59. The summed E-state index contributed by atoms with van der Waals surface area (Å²) in [5.74, 6) is 0.535. The summed E-state index contributed by atoms with van der Waals surface area (Å²) in [7, 11) is 0. The molecule has 110 valence electrons. The van der Waals surface area contributed by atoms with Crippen LogP contribution in [0.3, 0.4) is 0 Å². The maximum absolute atomic E-state index is 12.3. The van der Waals surface area contributed by atoms with E-state index in [1.165, 1.54) is 0 Å². The number of hydrogen-bond donors (Lipinski definition) is 1. The monoisotopic (exact) mass is 415 g/mol. The van der Waals surface area contributed by atoms with Gasteiger partial charge in [-0.2, -0.15) is 0 Å². The van der Waals surface area contributed by atoms with Gasteiger partial charge in [0.15, 0.2) is 0 Å². The van der Waals surface area contributed by atoms with Crippen LogP contribution in [0.2, 0.25) is 5.02 Å². The number of hydrogen-bond acceptors (Lipinski definition) is 2. The van der Waals surface area contributed by atoms with Gasteiger partial charge in [0.25, 0.3) is 5.91 Å². The summed E-state index contributed by atoms with van der Waals surface area (Å²) >= 11 is 8.05. The number of ether oxygens (including phenoxy) is 1. The number of anilines is 1. The number of halogens is 2. The summed E-state index contributed by atoms with van der Waals surface area (Å²) in [5, 5.41) is 3.52. The lowest BCUT2D eigenvalue weighted by atomic mass is 10.2. The molecule has 2 aromatic rings. The Morgan fingerprint density at radius 2 is 2.10 bits per heavy atom. The third-order valence-electron chi connectivity index (χ3n) is 2.75. The van der Waals surface area contributed by atoms with E-state index in [0.29, 0.717) is 22.9 Å². The van der Waals surface area contributed by atoms with Crippen molar-refractivity contribution in [3.63, 3.8) is 0 Å². The quantitative estimate of drug-likeness (QED) is 0.699. The minimum Gasteiger partial charge on any atom is -0.494 e. The molecule has 0 atom stereocenters. The van der Waals surface area contributed by atoms with Gasteiger partial charge in [0.1, 0.15) is 5.75 Å². The van der Waals surface area contributed by atoms with E-state index in [0.717, 1.165) is 15.7 Å². The Bertz CT molecular complexity index is 646. The molecular weight excluding hydrogens is 401 g/mol. The zero-order valence-corrected chi connectivity index (χ0v) is 14.4. The van der Waals surface area contributed by atoms with Crippen LogP contribution in [0.15, 0.2) is 42.5 Å². The Balaban J connectivity index is 2.12. The molecule has 0 radical (unpaired) electrons. The van der Waals surface area contributed by atoms with Gasteiger partial charge in [0, 0.05) is 14.2 Å². The van der Waals surface area contributed by atoms with E-state index in [9.17, 15) is 4.79 Å². The zero-order valence-electron chi connectivity index (χ0n) is 11.5. The summed E-state index contributed by atoms with van der Waals surface area (Å²) in [4.78, 5) is 12.3. The first-order chi connectivity index (χ1) is 10.1. The van der Waals surface area contributed by atoms with Crippen molar-refractivity contribution in [3.8, 4) is 5.75 Å². The fourth-order valence-corrected chi connectivity index (χ4v) is 2.74. The molecule has 0 fully saturated rings. The van der Waals surface area contributed by atoms with Crippen LogP contribution in [0.1, 0.15) is 23.7 Å². The van der Waals surface area contributed by atoms with Crippen molar-refractivity contribution in [2.45, 2.75) is 13.3 Å². The van der Waals surface area contributed by atoms with E-state index >= 15 is 0 Å². The summed E-state index contributed by atoms with van der Waals surface area (Å²) in [5.41, 5.74) is 1.30. The molecule has 0 unspecified atom stereocenters. The second-order valence-electron chi connectivity index (χ2n) is 4.45. The molecular formula is C16H15ClINO2. The molecule has 2 rings (SSSR count). The van der Waals surface area contributed by atoms with Crippen molar-refractivity contribution in [1.82, 2.24) is 0 Å². The van der Waals surface area contributed by atoms with Crippen LogP contribution in [-0.4, -0.2) is 12.5 Å². The smallest absolute Gasteiger partial charge is 0.255 e. The first kappa shape index (κ1) is 16.1. The van der Waals surface area contributed by atoms with Gasteiger partial charge in [-0.25, -0.2) is 0 Å². The van der Waals surface area contributed by atoms with Gasteiger partial charge in [-0.1, -0.05) is 24.6 Å². The Labute approximate surface area is 142 Å². The minimum absolute atomic E-state index is 0.169. The van der Waals surface area contributed by atoms with Crippen LogP contribution in [0.5, 0.6) is 5.75 Å². The Kier molecular flexibility index (Phi) is 5.87. The third kappa shape index (κ3) is 4.61. The van der Waals surface area contributed by atoms with Crippen LogP contribution in [0.4, 0.5) is 5.69 Å². The molecule has 5 heteroatoms. The molecule has 0 saturated heterocycles. The van der Waals surface area contributed by atoms with Gasteiger partial charge in [0.2, 0.25) is 0 Å². The van der Waals surface area contributed by atoms with Crippen LogP contribution in [-0.2, 0) is 0 Å². The lowest BCUT2D eigenvalue weighted by Gasteiger charge is -2.09. The van der Waals surface area contributed by atoms with Crippen LogP contribution in [0, 0.1) is 3.57 Å². The van der Waals surface area contributed by atoms with E-state index < -0.39 is 0 Å². The normalized spacial score (nSPS) is 10.2. The number of amides is 1. The Morgan fingerprint density at radius 1 is 1.29 bits per heavy atom. The summed E-state index contributed by atoms with van der Waals surface area (Å²) in [6.45, 7) is 2.68.